The highest BCUT2D eigenvalue weighted by molar-refractivity contribution is 6.25. The quantitative estimate of drug-likeness (QED) is 0.229. The lowest BCUT2D eigenvalue weighted by molar-refractivity contribution is 0.591. The SMILES string of the molecule is [2H]C([2H])([2H])n1c2ccc(C(C)(C)C)cc2c2cc3c4cc(C(C)(C)C)ccc4n(C([2H])([2H])[2H])c3c(Nc3ccccc3N)c21. The van der Waals surface area contributed by atoms with Gasteiger partial charge in [0.1, 0.15) is 0 Å². The highest BCUT2D eigenvalue weighted by atomic mass is 15.0. The van der Waals surface area contributed by atoms with Crippen molar-refractivity contribution in [1.29, 1.82) is 0 Å². The summed E-state index contributed by atoms with van der Waals surface area (Å²) in [6.45, 7) is 7.61. The monoisotopic (exact) mass is 508 g/mol. The maximum Gasteiger partial charge on any atom is 0.0880 e. The molecule has 0 radical (unpaired) electrons. The Balaban J connectivity index is 1.93. The van der Waals surface area contributed by atoms with E-state index in [1.165, 1.54) is 9.13 Å². The van der Waals surface area contributed by atoms with Gasteiger partial charge in [0.05, 0.1) is 28.1 Å². The number of nitrogens with one attached hydrogen (secondary N) is 1. The molecule has 4 nitrogen and oxygen atoms in total. The largest absolute Gasteiger partial charge is 0.397 e. The molecule has 0 amide bonds. The molecule has 0 unspecified atom stereocenters. The fourth-order valence-corrected chi connectivity index (χ4v) is 5.47. The summed E-state index contributed by atoms with van der Waals surface area (Å²) in [5.41, 5.74) is 11.4. The van der Waals surface area contributed by atoms with Crippen LogP contribution in [0.1, 0.15) is 60.9 Å². The third-order valence-corrected chi connectivity index (χ3v) is 7.73. The molecule has 6 rings (SSSR count). The van der Waals surface area contributed by atoms with E-state index in [0.717, 1.165) is 32.7 Å². The zero-order valence-electron chi connectivity index (χ0n) is 28.8. The second kappa shape index (κ2) is 8.04. The van der Waals surface area contributed by atoms with Crippen molar-refractivity contribution >= 4 is 60.7 Å². The molecular weight excluding hydrogens is 464 g/mol. The summed E-state index contributed by atoms with van der Waals surface area (Å²) in [6.07, 6.45) is 0. The molecule has 2 aromatic heterocycles. The number of hydrogen-bond acceptors (Lipinski definition) is 2. The standard InChI is InChI=1S/C34H38N4/c1-33(2,3)20-13-15-28-22(17-20)24-19-25-23-18-21(34(4,5)6)14-16-29(23)38(8)32(25)30(31(24)37(28)7)36-27-12-10-9-11-26(27)35/h9-19,36H,35H2,1-8H3/i7D3,8D3. The van der Waals surface area contributed by atoms with Crippen molar-refractivity contribution < 1.29 is 8.22 Å². The average Bonchev–Trinajstić information content (AvgIpc) is 3.41. The third-order valence-electron chi connectivity index (χ3n) is 7.73. The fourth-order valence-electron chi connectivity index (χ4n) is 5.47. The number of nitrogen functional groups attached to an aromatic ring is 1. The lowest BCUT2D eigenvalue weighted by Crippen LogP contribution is -2.10. The maximum absolute atomic E-state index is 8.66. The first-order valence-electron chi connectivity index (χ1n) is 16.0. The van der Waals surface area contributed by atoms with Crippen LogP contribution in [0.4, 0.5) is 17.1 Å². The molecule has 0 atom stereocenters. The van der Waals surface area contributed by atoms with Crippen molar-refractivity contribution in [3.05, 3.63) is 77.9 Å². The van der Waals surface area contributed by atoms with Crippen LogP contribution in [0.2, 0.25) is 0 Å². The molecule has 0 spiro atoms. The van der Waals surface area contributed by atoms with E-state index in [4.69, 9.17) is 14.0 Å². The Hall–Kier alpha value is -3.92. The number of nitrogens with zero attached hydrogens (tertiary/aromatic N) is 2. The molecule has 4 aromatic carbocycles. The van der Waals surface area contributed by atoms with E-state index in [0.29, 0.717) is 39.1 Å². The smallest absolute Gasteiger partial charge is 0.0880 e. The fraction of sp³-hybridized carbons (Fsp3) is 0.294. The van der Waals surface area contributed by atoms with Gasteiger partial charge in [-0.1, -0.05) is 65.8 Å². The highest BCUT2D eigenvalue weighted by Gasteiger charge is 2.23. The van der Waals surface area contributed by atoms with Gasteiger partial charge in [0.25, 0.3) is 0 Å². The minimum absolute atomic E-state index is 0.175. The van der Waals surface area contributed by atoms with Crippen LogP contribution in [-0.4, -0.2) is 9.13 Å². The molecule has 38 heavy (non-hydrogen) atoms. The summed E-state index contributed by atoms with van der Waals surface area (Å²) in [5, 5.41) is 6.44. The van der Waals surface area contributed by atoms with Gasteiger partial charge in [0, 0.05) is 54.8 Å². The summed E-state index contributed by atoms with van der Waals surface area (Å²) in [7, 11) is 0. The lowest BCUT2D eigenvalue weighted by Gasteiger charge is -2.19. The minimum atomic E-state index is -2.56. The predicted octanol–water partition coefficient (Wildman–Crippen LogP) is 8.90. The van der Waals surface area contributed by atoms with Crippen molar-refractivity contribution in [3.8, 4) is 0 Å². The van der Waals surface area contributed by atoms with E-state index < -0.39 is 14.0 Å². The van der Waals surface area contributed by atoms with E-state index in [-0.39, 0.29) is 10.8 Å². The van der Waals surface area contributed by atoms with E-state index in [1.54, 1.807) is 12.1 Å². The molecule has 3 N–H and O–H groups in total. The Labute approximate surface area is 233 Å². The second-order valence-corrected chi connectivity index (χ2v) is 12.4. The number of fused-ring (bicyclic) bond motifs is 6. The first kappa shape index (κ1) is 18.4. The number of rotatable bonds is 2. The third kappa shape index (κ3) is 3.58. The van der Waals surface area contributed by atoms with Crippen LogP contribution in [0.3, 0.4) is 0 Å². The topological polar surface area (TPSA) is 47.9 Å². The highest BCUT2D eigenvalue weighted by Crippen LogP contribution is 2.45. The van der Waals surface area contributed by atoms with Crippen molar-refractivity contribution in [2.24, 2.45) is 14.0 Å². The van der Waals surface area contributed by atoms with Crippen LogP contribution in [0, 0.1) is 0 Å². The number of hydrogen-bond donors (Lipinski definition) is 2. The molecule has 0 aliphatic heterocycles. The van der Waals surface area contributed by atoms with Crippen LogP contribution < -0.4 is 11.1 Å². The first-order valence-corrected chi connectivity index (χ1v) is 13.0. The van der Waals surface area contributed by atoms with E-state index in [2.05, 4.69) is 59.0 Å². The summed E-state index contributed by atoms with van der Waals surface area (Å²) < 4.78 is 54.7. The van der Waals surface area contributed by atoms with Crippen LogP contribution in [0.25, 0.3) is 43.6 Å². The molecule has 0 aliphatic rings. The number of para-hydroxylation sites is 2. The van der Waals surface area contributed by atoms with Crippen molar-refractivity contribution in [1.82, 2.24) is 9.13 Å². The van der Waals surface area contributed by atoms with Gasteiger partial charge in [0.2, 0.25) is 0 Å². The number of anilines is 3. The summed E-state index contributed by atoms with van der Waals surface area (Å²) in [5.74, 6) is 0. The zero-order valence-corrected chi connectivity index (χ0v) is 22.8. The Morgan fingerprint density at radius 2 is 1.16 bits per heavy atom. The van der Waals surface area contributed by atoms with Crippen molar-refractivity contribution in [3.63, 3.8) is 0 Å². The van der Waals surface area contributed by atoms with Crippen molar-refractivity contribution in [2.45, 2.75) is 52.4 Å². The molecule has 2 heterocycles. The molecule has 194 valence electrons. The Kier molecular flexibility index (Phi) is 3.88. The number of benzene rings is 4. The molecule has 0 saturated heterocycles. The van der Waals surface area contributed by atoms with Crippen LogP contribution in [0.15, 0.2) is 66.7 Å². The maximum atomic E-state index is 8.66. The van der Waals surface area contributed by atoms with Gasteiger partial charge in [-0.15, -0.1) is 0 Å². The number of aromatic nitrogens is 2. The van der Waals surface area contributed by atoms with E-state index in [9.17, 15) is 0 Å². The molecule has 4 heteroatoms. The molecular formula is C34H38N4. The minimum Gasteiger partial charge on any atom is -0.397 e. The normalized spacial score (nSPS) is 15.8. The molecule has 0 bridgehead atoms. The predicted molar refractivity (Wildman–Crippen MR) is 166 cm³/mol. The van der Waals surface area contributed by atoms with E-state index in [1.807, 2.05) is 42.5 Å². The number of nitrogens with two attached hydrogens (primary N) is 1. The molecule has 6 aromatic rings. The Bertz CT molecular complexity index is 1970. The molecule has 0 fully saturated rings. The van der Waals surface area contributed by atoms with Gasteiger partial charge in [-0.05, 0) is 64.4 Å². The molecule has 0 saturated carbocycles. The average molecular weight is 509 g/mol. The Morgan fingerprint density at radius 1 is 0.658 bits per heavy atom. The molecule has 0 aliphatic carbocycles. The van der Waals surface area contributed by atoms with Gasteiger partial charge < -0.3 is 20.2 Å². The summed E-state index contributed by atoms with van der Waals surface area (Å²) in [4.78, 5) is 0. The van der Waals surface area contributed by atoms with Crippen LogP contribution in [-0.2, 0) is 24.8 Å². The van der Waals surface area contributed by atoms with Gasteiger partial charge in [0.15, 0.2) is 0 Å². The summed E-state index contributed by atoms with van der Waals surface area (Å²) >= 11 is 0. The van der Waals surface area contributed by atoms with Crippen molar-refractivity contribution in [2.75, 3.05) is 11.1 Å². The first-order chi connectivity index (χ1) is 20.3. The van der Waals surface area contributed by atoms with Gasteiger partial charge in [-0.2, -0.15) is 0 Å². The van der Waals surface area contributed by atoms with Crippen LogP contribution >= 0.6 is 0 Å². The Morgan fingerprint density at radius 3 is 1.61 bits per heavy atom. The zero-order chi connectivity index (χ0) is 32.1. The van der Waals surface area contributed by atoms with Gasteiger partial charge >= 0.3 is 0 Å². The summed E-state index contributed by atoms with van der Waals surface area (Å²) in [6, 6.07) is 21.0. The van der Waals surface area contributed by atoms with Gasteiger partial charge in [-0.3, -0.25) is 0 Å². The van der Waals surface area contributed by atoms with E-state index >= 15 is 0 Å². The van der Waals surface area contributed by atoms with Gasteiger partial charge in [-0.25, -0.2) is 0 Å². The van der Waals surface area contributed by atoms with Crippen LogP contribution in [0.5, 0.6) is 0 Å². The lowest BCUT2D eigenvalue weighted by atomic mass is 9.86. The number of aryl methyl sites for hydroxylation is 2. The second-order valence-electron chi connectivity index (χ2n) is 12.4.